The highest BCUT2D eigenvalue weighted by atomic mass is 32.2. The summed E-state index contributed by atoms with van der Waals surface area (Å²) in [5, 5.41) is 11.1. The van der Waals surface area contributed by atoms with Gasteiger partial charge in [-0.2, -0.15) is 12.7 Å². The minimum absolute atomic E-state index is 0.193. The Morgan fingerprint density at radius 3 is 2.48 bits per heavy atom. The normalized spacial score (nSPS) is 18.0. The highest BCUT2D eigenvalue weighted by Gasteiger charge is 2.42. The van der Waals surface area contributed by atoms with Crippen LogP contribution in [0.1, 0.15) is 46.9 Å². The molecule has 12 heteroatoms. The first kappa shape index (κ1) is 20.9. The second-order valence-corrected chi connectivity index (χ2v) is 8.60. The van der Waals surface area contributed by atoms with Crippen molar-refractivity contribution in [1.29, 1.82) is 0 Å². The van der Waals surface area contributed by atoms with Gasteiger partial charge < -0.3 is 0 Å². The average molecular weight is 424 g/mol. The summed E-state index contributed by atoms with van der Waals surface area (Å²) < 4.78 is 27.8. The number of rotatable bonds is 6. The van der Waals surface area contributed by atoms with E-state index in [4.69, 9.17) is 0 Å². The summed E-state index contributed by atoms with van der Waals surface area (Å²) in [5.41, 5.74) is -1.14. The van der Waals surface area contributed by atoms with Crippen molar-refractivity contribution in [2.24, 2.45) is 5.92 Å². The molecule has 2 heterocycles. The number of benzene rings is 1. The molecule has 11 nitrogen and oxygen atoms in total. The smallest absolute Gasteiger partial charge is 0.272 e. The quantitative estimate of drug-likeness (QED) is 0.401. The van der Waals surface area contributed by atoms with Crippen LogP contribution in [0.3, 0.4) is 0 Å². The Labute approximate surface area is 167 Å². The van der Waals surface area contributed by atoms with Gasteiger partial charge in [0.05, 0.1) is 10.5 Å². The number of nitro groups is 1. The van der Waals surface area contributed by atoms with Crippen LogP contribution in [0.25, 0.3) is 0 Å². The van der Waals surface area contributed by atoms with E-state index in [0.717, 1.165) is 16.8 Å². The Morgan fingerprint density at radius 1 is 1.24 bits per heavy atom. The van der Waals surface area contributed by atoms with Gasteiger partial charge in [-0.05, 0) is 24.8 Å². The fraction of sp³-hybridized carbons (Fsp3) is 0.471. The van der Waals surface area contributed by atoms with Gasteiger partial charge in [0.15, 0.2) is 0 Å². The lowest BCUT2D eigenvalue weighted by Crippen LogP contribution is -2.49. The largest absolute Gasteiger partial charge is 0.303 e. The summed E-state index contributed by atoms with van der Waals surface area (Å²) in [7, 11) is -4.10. The maximum absolute atomic E-state index is 12.5. The highest BCUT2D eigenvalue weighted by molar-refractivity contribution is 7.87. The molecule has 0 radical (unpaired) electrons. The van der Waals surface area contributed by atoms with Gasteiger partial charge in [-0.3, -0.25) is 29.4 Å². The third-order valence-electron chi connectivity index (χ3n) is 5.21. The number of hydrogen-bond acceptors (Lipinski definition) is 7. The first-order valence-electron chi connectivity index (χ1n) is 9.10. The minimum atomic E-state index is -4.10. The van der Waals surface area contributed by atoms with Crippen molar-refractivity contribution >= 4 is 33.6 Å². The van der Waals surface area contributed by atoms with E-state index in [1.807, 2.05) is 11.6 Å². The van der Waals surface area contributed by atoms with Gasteiger partial charge in [-0.15, -0.1) is 0 Å². The lowest BCUT2D eigenvalue weighted by Gasteiger charge is -2.30. The topological polar surface area (TPSA) is 147 Å². The lowest BCUT2D eigenvalue weighted by atomic mass is 9.96. The van der Waals surface area contributed by atoms with Crippen LogP contribution in [-0.2, 0) is 15.0 Å². The number of nitrogens with one attached hydrogen (secondary N) is 1. The summed E-state index contributed by atoms with van der Waals surface area (Å²) in [4.78, 5) is 47.9. The van der Waals surface area contributed by atoms with E-state index in [9.17, 15) is 32.9 Å². The van der Waals surface area contributed by atoms with Crippen molar-refractivity contribution in [3.63, 3.8) is 0 Å². The predicted octanol–water partition coefficient (Wildman–Crippen LogP) is 0.674. The zero-order valence-corrected chi connectivity index (χ0v) is 16.5. The Bertz CT molecular complexity index is 983. The minimum Gasteiger partial charge on any atom is -0.272 e. The molecule has 0 spiro atoms. The third-order valence-corrected chi connectivity index (χ3v) is 6.74. The van der Waals surface area contributed by atoms with Gasteiger partial charge in [-0.25, -0.2) is 4.72 Å². The summed E-state index contributed by atoms with van der Waals surface area (Å²) >= 11 is 0. The monoisotopic (exact) mass is 424 g/mol. The Kier molecular flexibility index (Phi) is 5.66. The van der Waals surface area contributed by atoms with E-state index in [0.29, 0.717) is 23.7 Å². The second kappa shape index (κ2) is 7.87. The van der Waals surface area contributed by atoms with Crippen LogP contribution in [0.2, 0.25) is 0 Å². The van der Waals surface area contributed by atoms with Crippen molar-refractivity contribution in [2.75, 3.05) is 19.6 Å². The molecule has 1 fully saturated rings. The molecule has 0 aromatic heterocycles. The summed E-state index contributed by atoms with van der Waals surface area (Å²) in [6.07, 6.45) is 2.33. The van der Waals surface area contributed by atoms with Gasteiger partial charge >= 0.3 is 10.2 Å². The zero-order valence-electron chi connectivity index (χ0n) is 15.7. The highest BCUT2D eigenvalue weighted by Crippen LogP contribution is 2.30. The molecule has 0 saturated carbocycles. The first-order valence-corrected chi connectivity index (χ1v) is 10.5. The summed E-state index contributed by atoms with van der Waals surface area (Å²) in [6, 6.07) is 3.59. The molecule has 156 valence electrons. The van der Waals surface area contributed by atoms with Gasteiger partial charge in [0, 0.05) is 19.2 Å². The molecule has 29 heavy (non-hydrogen) atoms. The molecule has 1 aromatic rings. The standard InChI is InChI=1S/C17H20N4O7S/c1-2-11-6-8-19(9-7-11)29(27,28)18-14(22)10-20-16(23)12-4-3-5-13(21(25)26)15(12)17(20)24/h3-5,11H,2,6-10H2,1H3,(H,18,22). The number of nitrogens with zero attached hydrogens (tertiary/aromatic N) is 3. The molecule has 3 rings (SSSR count). The Balaban J connectivity index is 1.70. The summed E-state index contributed by atoms with van der Waals surface area (Å²) in [5.74, 6) is -2.52. The molecule has 1 N–H and O–H groups in total. The van der Waals surface area contributed by atoms with E-state index in [2.05, 4.69) is 0 Å². The van der Waals surface area contributed by atoms with Crippen LogP contribution in [-0.4, -0.2) is 59.9 Å². The van der Waals surface area contributed by atoms with Crippen LogP contribution < -0.4 is 4.72 Å². The van der Waals surface area contributed by atoms with Gasteiger partial charge in [-0.1, -0.05) is 19.4 Å². The Morgan fingerprint density at radius 2 is 1.90 bits per heavy atom. The number of fused-ring (bicyclic) bond motifs is 1. The molecule has 1 saturated heterocycles. The number of nitro benzene ring substituents is 1. The molecule has 2 aliphatic rings. The molecule has 0 aliphatic carbocycles. The van der Waals surface area contributed by atoms with E-state index in [1.54, 1.807) is 0 Å². The van der Waals surface area contributed by atoms with Gasteiger partial charge in [0.2, 0.25) is 0 Å². The van der Waals surface area contributed by atoms with Crippen molar-refractivity contribution in [3.8, 4) is 0 Å². The van der Waals surface area contributed by atoms with Crippen LogP contribution >= 0.6 is 0 Å². The number of carbonyl (C=O) groups excluding carboxylic acids is 3. The second-order valence-electron chi connectivity index (χ2n) is 6.93. The van der Waals surface area contributed by atoms with E-state index < -0.39 is 50.6 Å². The maximum Gasteiger partial charge on any atom is 0.303 e. The fourth-order valence-corrected chi connectivity index (χ4v) is 4.73. The summed E-state index contributed by atoms with van der Waals surface area (Å²) in [6.45, 7) is 1.73. The fourth-order valence-electron chi connectivity index (χ4n) is 3.55. The number of piperidine rings is 1. The number of hydrogen-bond donors (Lipinski definition) is 1. The first-order chi connectivity index (χ1) is 13.7. The molecular weight excluding hydrogens is 404 g/mol. The molecule has 3 amide bonds. The number of carbonyl (C=O) groups is 3. The molecule has 1 aromatic carbocycles. The number of imide groups is 1. The SMILES string of the molecule is CCC1CCN(S(=O)(=O)NC(=O)CN2C(=O)c3cccc([N+](=O)[O-])c3C2=O)CC1. The Hall–Kier alpha value is -2.86. The van der Waals surface area contributed by atoms with Crippen molar-refractivity contribution in [1.82, 2.24) is 13.9 Å². The van der Waals surface area contributed by atoms with Crippen molar-refractivity contribution in [2.45, 2.75) is 26.2 Å². The van der Waals surface area contributed by atoms with Gasteiger partial charge in [0.1, 0.15) is 12.1 Å². The molecule has 0 atom stereocenters. The van der Waals surface area contributed by atoms with E-state index in [-0.39, 0.29) is 18.7 Å². The zero-order chi connectivity index (χ0) is 21.3. The molecule has 0 bridgehead atoms. The maximum atomic E-state index is 12.5. The van der Waals surface area contributed by atoms with E-state index >= 15 is 0 Å². The van der Waals surface area contributed by atoms with Crippen LogP contribution in [0.4, 0.5) is 5.69 Å². The third kappa shape index (κ3) is 3.98. The predicted molar refractivity (Wildman–Crippen MR) is 100 cm³/mol. The van der Waals surface area contributed by atoms with Crippen molar-refractivity contribution < 1.29 is 27.7 Å². The van der Waals surface area contributed by atoms with Crippen LogP contribution in [0.15, 0.2) is 18.2 Å². The van der Waals surface area contributed by atoms with E-state index in [1.165, 1.54) is 12.1 Å². The van der Waals surface area contributed by atoms with Crippen LogP contribution in [0.5, 0.6) is 0 Å². The lowest BCUT2D eigenvalue weighted by molar-refractivity contribution is -0.385. The molecule has 0 unspecified atom stereocenters. The molecular formula is C17H20N4O7S. The van der Waals surface area contributed by atoms with Gasteiger partial charge in [0.25, 0.3) is 23.4 Å². The van der Waals surface area contributed by atoms with Crippen molar-refractivity contribution in [3.05, 3.63) is 39.4 Å². The average Bonchev–Trinajstić information content (AvgIpc) is 2.92. The number of amides is 3. The molecule has 2 aliphatic heterocycles. The van der Waals surface area contributed by atoms with Crippen LogP contribution in [0, 0.1) is 16.0 Å².